The summed E-state index contributed by atoms with van der Waals surface area (Å²) in [5.74, 6) is 1.88. The molecule has 0 bridgehead atoms. The molecule has 0 spiro atoms. The van der Waals surface area contributed by atoms with E-state index in [0.717, 1.165) is 43.7 Å². The Bertz CT molecular complexity index is 547. The third-order valence-electron chi connectivity index (χ3n) is 4.67. The van der Waals surface area contributed by atoms with E-state index in [1.165, 1.54) is 19.3 Å². The summed E-state index contributed by atoms with van der Waals surface area (Å²) in [5.41, 5.74) is 1.14. The number of guanidine groups is 1. The minimum Gasteiger partial charge on any atom is -0.370 e. The first-order valence-corrected chi connectivity index (χ1v) is 8.87. The van der Waals surface area contributed by atoms with Gasteiger partial charge in [-0.1, -0.05) is 13.3 Å². The number of aliphatic imine (C=N–C) groups is 1. The highest BCUT2D eigenvalue weighted by Gasteiger charge is 2.38. The quantitative estimate of drug-likeness (QED) is 0.429. The molecule has 2 aliphatic rings. The predicted octanol–water partition coefficient (Wildman–Crippen LogP) is 2.57. The van der Waals surface area contributed by atoms with Gasteiger partial charge in [-0.3, -0.25) is 9.67 Å². The van der Waals surface area contributed by atoms with Gasteiger partial charge in [0.2, 0.25) is 0 Å². The molecule has 24 heavy (non-hydrogen) atoms. The van der Waals surface area contributed by atoms with Crippen molar-refractivity contribution < 1.29 is 4.74 Å². The smallest absolute Gasteiger partial charge is 0.194 e. The maximum Gasteiger partial charge on any atom is 0.194 e. The van der Waals surface area contributed by atoms with Gasteiger partial charge < -0.3 is 15.0 Å². The second-order valence-electron chi connectivity index (χ2n) is 6.59. The summed E-state index contributed by atoms with van der Waals surface area (Å²) in [4.78, 5) is 7.05. The zero-order valence-electron chi connectivity index (χ0n) is 14.9. The summed E-state index contributed by atoms with van der Waals surface area (Å²) in [6.07, 6.45) is 7.88. The SMILES string of the molecule is CCCC1CC1NC(=NCC)N1CCOC(c2cnn(C)c2)C1.I. The van der Waals surface area contributed by atoms with E-state index in [2.05, 4.69) is 29.2 Å². The summed E-state index contributed by atoms with van der Waals surface area (Å²) in [6, 6.07) is 0.611. The van der Waals surface area contributed by atoms with Crippen LogP contribution in [-0.4, -0.2) is 52.9 Å². The molecular formula is C17H30IN5O. The molecule has 1 aromatic heterocycles. The van der Waals surface area contributed by atoms with Crippen LogP contribution in [0.2, 0.25) is 0 Å². The molecule has 1 aromatic rings. The predicted molar refractivity (Wildman–Crippen MR) is 107 cm³/mol. The summed E-state index contributed by atoms with van der Waals surface area (Å²) in [6.45, 7) is 7.62. The lowest BCUT2D eigenvalue weighted by atomic mass is 10.1. The monoisotopic (exact) mass is 447 g/mol. The zero-order valence-corrected chi connectivity index (χ0v) is 17.3. The maximum atomic E-state index is 5.94. The van der Waals surface area contributed by atoms with Crippen LogP contribution in [0.4, 0.5) is 0 Å². The maximum absolute atomic E-state index is 5.94. The molecule has 3 unspecified atom stereocenters. The van der Waals surface area contributed by atoms with Gasteiger partial charge >= 0.3 is 0 Å². The van der Waals surface area contributed by atoms with Crippen LogP contribution < -0.4 is 5.32 Å². The standard InChI is InChI=1S/C17H29N5O.HI/c1-4-6-13-9-15(13)20-17(18-5-2)22-7-8-23-16(12-22)14-10-19-21(3)11-14;/h10-11,13,15-16H,4-9,12H2,1-3H3,(H,18,20);1H. The third kappa shape index (κ3) is 4.84. The van der Waals surface area contributed by atoms with Crippen LogP contribution in [0.25, 0.3) is 0 Å². The van der Waals surface area contributed by atoms with Crippen LogP contribution >= 0.6 is 24.0 Å². The molecule has 6 nitrogen and oxygen atoms in total. The number of nitrogens with zero attached hydrogens (tertiary/aromatic N) is 4. The van der Waals surface area contributed by atoms with E-state index in [1.54, 1.807) is 0 Å². The van der Waals surface area contributed by atoms with Gasteiger partial charge in [-0.2, -0.15) is 5.10 Å². The van der Waals surface area contributed by atoms with Crippen LogP contribution in [0.1, 0.15) is 44.8 Å². The highest BCUT2D eigenvalue weighted by Crippen LogP contribution is 2.34. The molecule has 0 amide bonds. The molecule has 1 aliphatic carbocycles. The average Bonchev–Trinajstić information content (AvgIpc) is 3.13. The molecule has 0 radical (unpaired) electrons. The van der Waals surface area contributed by atoms with Gasteiger partial charge in [-0.05, 0) is 25.7 Å². The summed E-state index contributed by atoms with van der Waals surface area (Å²) < 4.78 is 7.77. The lowest BCUT2D eigenvalue weighted by Crippen LogP contribution is -2.49. The van der Waals surface area contributed by atoms with Gasteiger partial charge in [0.15, 0.2) is 5.96 Å². The van der Waals surface area contributed by atoms with Gasteiger partial charge in [0.05, 0.1) is 19.3 Å². The Balaban J connectivity index is 0.00000208. The Morgan fingerprint density at radius 2 is 2.29 bits per heavy atom. The fourth-order valence-electron chi connectivity index (χ4n) is 3.32. The summed E-state index contributed by atoms with van der Waals surface area (Å²) >= 11 is 0. The Morgan fingerprint density at radius 3 is 2.96 bits per heavy atom. The lowest BCUT2D eigenvalue weighted by molar-refractivity contribution is -0.00812. The van der Waals surface area contributed by atoms with Crippen molar-refractivity contribution in [2.24, 2.45) is 18.0 Å². The Kier molecular flexibility index (Phi) is 7.34. The van der Waals surface area contributed by atoms with Gasteiger partial charge in [-0.15, -0.1) is 24.0 Å². The molecular weight excluding hydrogens is 417 g/mol. The molecule has 7 heteroatoms. The molecule has 1 saturated carbocycles. The van der Waals surface area contributed by atoms with Crippen molar-refractivity contribution in [3.63, 3.8) is 0 Å². The number of ether oxygens (including phenoxy) is 1. The van der Waals surface area contributed by atoms with Crippen LogP contribution in [0.15, 0.2) is 17.4 Å². The van der Waals surface area contributed by atoms with Crippen LogP contribution in [-0.2, 0) is 11.8 Å². The number of aryl methyl sites for hydroxylation is 1. The van der Waals surface area contributed by atoms with Crippen molar-refractivity contribution in [1.82, 2.24) is 20.0 Å². The minimum atomic E-state index is 0. The summed E-state index contributed by atoms with van der Waals surface area (Å²) in [5, 5.41) is 7.93. The highest BCUT2D eigenvalue weighted by atomic mass is 127. The van der Waals surface area contributed by atoms with Crippen LogP contribution in [0.3, 0.4) is 0 Å². The van der Waals surface area contributed by atoms with Crippen molar-refractivity contribution in [3.05, 3.63) is 18.0 Å². The topological polar surface area (TPSA) is 54.7 Å². The number of nitrogens with one attached hydrogen (secondary N) is 1. The second kappa shape index (κ2) is 9.03. The normalized spacial score (nSPS) is 26.9. The molecule has 1 N–H and O–H groups in total. The molecule has 0 aromatic carbocycles. The van der Waals surface area contributed by atoms with E-state index >= 15 is 0 Å². The number of hydrogen-bond acceptors (Lipinski definition) is 3. The van der Waals surface area contributed by atoms with Crippen LogP contribution in [0, 0.1) is 5.92 Å². The van der Waals surface area contributed by atoms with E-state index in [0.29, 0.717) is 6.04 Å². The fourth-order valence-corrected chi connectivity index (χ4v) is 3.32. The molecule has 1 saturated heterocycles. The van der Waals surface area contributed by atoms with E-state index in [4.69, 9.17) is 9.73 Å². The number of rotatable bonds is 5. The second-order valence-corrected chi connectivity index (χ2v) is 6.59. The van der Waals surface area contributed by atoms with Gasteiger partial charge in [0.25, 0.3) is 0 Å². The first-order chi connectivity index (χ1) is 11.2. The first-order valence-electron chi connectivity index (χ1n) is 8.87. The highest BCUT2D eigenvalue weighted by molar-refractivity contribution is 14.0. The Labute approximate surface area is 162 Å². The molecule has 2 fully saturated rings. The van der Waals surface area contributed by atoms with Gasteiger partial charge in [0, 0.05) is 37.9 Å². The van der Waals surface area contributed by atoms with Gasteiger partial charge in [0.1, 0.15) is 6.10 Å². The summed E-state index contributed by atoms with van der Waals surface area (Å²) in [7, 11) is 1.94. The molecule has 136 valence electrons. The Morgan fingerprint density at radius 1 is 1.46 bits per heavy atom. The van der Waals surface area contributed by atoms with Crippen molar-refractivity contribution in [2.75, 3.05) is 26.2 Å². The zero-order chi connectivity index (χ0) is 16.2. The number of aromatic nitrogens is 2. The van der Waals surface area contributed by atoms with E-state index < -0.39 is 0 Å². The number of halogens is 1. The fraction of sp³-hybridized carbons (Fsp3) is 0.765. The van der Waals surface area contributed by atoms with Gasteiger partial charge in [-0.25, -0.2) is 0 Å². The average molecular weight is 447 g/mol. The van der Waals surface area contributed by atoms with Crippen molar-refractivity contribution in [1.29, 1.82) is 0 Å². The molecule has 2 heterocycles. The molecule has 3 atom stereocenters. The minimum absolute atomic E-state index is 0. The number of morpholine rings is 1. The van der Waals surface area contributed by atoms with E-state index in [9.17, 15) is 0 Å². The van der Waals surface area contributed by atoms with E-state index in [1.807, 2.05) is 24.1 Å². The lowest BCUT2D eigenvalue weighted by Gasteiger charge is -2.35. The van der Waals surface area contributed by atoms with Crippen molar-refractivity contribution in [3.8, 4) is 0 Å². The first kappa shape index (κ1) is 19.5. The number of hydrogen-bond donors (Lipinski definition) is 1. The van der Waals surface area contributed by atoms with Crippen LogP contribution in [0.5, 0.6) is 0 Å². The Hall–Kier alpha value is -0.830. The van der Waals surface area contributed by atoms with Crippen molar-refractivity contribution >= 4 is 29.9 Å². The third-order valence-corrected chi connectivity index (χ3v) is 4.67. The largest absolute Gasteiger partial charge is 0.370 e. The van der Waals surface area contributed by atoms with Crippen molar-refractivity contribution in [2.45, 2.75) is 45.3 Å². The van der Waals surface area contributed by atoms with E-state index in [-0.39, 0.29) is 30.1 Å². The molecule has 1 aliphatic heterocycles. The molecule has 3 rings (SSSR count).